The number of ether oxygens (including phenoxy) is 1. The van der Waals surface area contributed by atoms with Crippen LogP contribution >= 0.6 is 0 Å². The van der Waals surface area contributed by atoms with Crippen LogP contribution in [0.15, 0.2) is 72.8 Å². The molecule has 190 valence electrons. The molecule has 5 rings (SSSR count). The van der Waals surface area contributed by atoms with Crippen molar-refractivity contribution < 1.29 is 13.5 Å². The molecular weight excluding hydrogens is 454 g/mol. The van der Waals surface area contributed by atoms with E-state index in [0.717, 1.165) is 30.8 Å². The molecule has 3 aromatic rings. The number of methoxy groups -OCH3 is 1. The molecule has 5 heteroatoms. The van der Waals surface area contributed by atoms with Crippen LogP contribution in [0.1, 0.15) is 67.3 Å². The molecule has 1 aliphatic heterocycles. The molecule has 1 fully saturated rings. The van der Waals surface area contributed by atoms with Crippen molar-refractivity contribution in [2.75, 3.05) is 12.4 Å². The summed E-state index contributed by atoms with van der Waals surface area (Å²) in [5.74, 6) is -1.62. The zero-order valence-corrected chi connectivity index (χ0v) is 21.2. The molecule has 2 atom stereocenters. The van der Waals surface area contributed by atoms with Crippen molar-refractivity contribution in [2.24, 2.45) is 0 Å². The Balaban J connectivity index is 1.49. The van der Waals surface area contributed by atoms with Gasteiger partial charge in [-0.1, -0.05) is 68.3 Å². The lowest BCUT2D eigenvalue weighted by Crippen LogP contribution is -2.44. The number of nitrogens with one attached hydrogen (secondary N) is 1. The molecule has 0 bridgehead atoms. The molecule has 36 heavy (non-hydrogen) atoms. The summed E-state index contributed by atoms with van der Waals surface area (Å²) in [7, 11) is 1.72. The van der Waals surface area contributed by atoms with E-state index in [1.54, 1.807) is 7.11 Å². The fourth-order valence-corrected chi connectivity index (χ4v) is 5.77. The SMILES string of the molecule is CCCC[C@H]1Cc2cc(OC)ccc2C(c2ccc(NC3CC(F)(F)C3)cc2)N1Cc1ccccc1. The number of rotatable bonds is 9. The Bertz CT molecular complexity index is 1140. The minimum atomic E-state index is -2.52. The van der Waals surface area contributed by atoms with Gasteiger partial charge >= 0.3 is 0 Å². The van der Waals surface area contributed by atoms with Gasteiger partial charge < -0.3 is 10.1 Å². The van der Waals surface area contributed by atoms with E-state index in [1.165, 1.54) is 35.1 Å². The molecule has 0 amide bonds. The van der Waals surface area contributed by atoms with Crippen LogP contribution in [0.5, 0.6) is 5.75 Å². The lowest BCUT2D eigenvalue weighted by Gasteiger charge is -2.44. The van der Waals surface area contributed by atoms with Crippen molar-refractivity contribution in [1.29, 1.82) is 0 Å². The Morgan fingerprint density at radius 1 is 1.00 bits per heavy atom. The predicted molar refractivity (Wildman–Crippen MR) is 142 cm³/mol. The Hall–Kier alpha value is -2.92. The van der Waals surface area contributed by atoms with Gasteiger partial charge in [-0.25, -0.2) is 8.78 Å². The van der Waals surface area contributed by atoms with E-state index < -0.39 is 5.92 Å². The summed E-state index contributed by atoms with van der Waals surface area (Å²) < 4.78 is 32.1. The normalized spacial score (nSPS) is 21.4. The van der Waals surface area contributed by atoms with E-state index >= 15 is 0 Å². The zero-order chi connectivity index (χ0) is 25.1. The quantitative estimate of drug-likeness (QED) is 0.334. The van der Waals surface area contributed by atoms with Crippen molar-refractivity contribution in [3.8, 4) is 5.75 Å². The fourth-order valence-electron chi connectivity index (χ4n) is 5.77. The minimum Gasteiger partial charge on any atom is -0.497 e. The first-order valence-corrected chi connectivity index (χ1v) is 13.2. The highest BCUT2D eigenvalue weighted by molar-refractivity contribution is 5.50. The Labute approximate surface area is 213 Å². The summed E-state index contributed by atoms with van der Waals surface area (Å²) in [6.45, 7) is 3.13. The molecule has 3 nitrogen and oxygen atoms in total. The number of alkyl halides is 2. The lowest BCUT2D eigenvalue weighted by atomic mass is 9.82. The van der Waals surface area contributed by atoms with Gasteiger partial charge in [-0.2, -0.15) is 0 Å². The Morgan fingerprint density at radius 2 is 1.75 bits per heavy atom. The number of benzene rings is 3. The first kappa shape index (κ1) is 24.8. The van der Waals surface area contributed by atoms with Crippen molar-refractivity contribution in [3.63, 3.8) is 0 Å². The van der Waals surface area contributed by atoms with E-state index in [9.17, 15) is 8.78 Å². The maximum absolute atomic E-state index is 13.3. The summed E-state index contributed by atoms with van der Waals surface area (Å²) in [5, 5.41) is 3.28. The van der Waals surface area contributed by atoms with Crippen LogP contribution in [-0.4, -0.2) is 30.0 Å². The molecule has 0 saturated heterocycles. The van der Waals surface area contributed by atoms with Crippen LogP contribution in [0.25, 0.3) is 0 Å². The highest BCUT2D eigenvalue weighted by Crippen LogP contribution is 2.42. The van der Waals surface area contributed by atoms with Crippen molar-refractivity contribution in [2.45, 2.75) is 76.0 Å². The van der Waals surface area contributed by atoms with Crippen LogP contribution in [0.3, 0.4) is 0 Å². The molecule has 0 aromatic heterocycles. The number of hydrogen-bond acceptors (Lipinski definition) is 3. The van der Waals surface area contributed by atoms with E-state index in [0.29, 0.717) is 6.04 Å². The predicted octanol–water partition coefficient (Wildman–Crippen LogP) is 7.61. The lowest BCUT2D eigenvalue weighted by molar-refractivity contribution is -0.0793. The third-order valence-electron chi connectivity index (χ3n) is 7.69. The molecule has 1 heterocycles. The highest BCUT2D eigenvalue weighted by atomic mass is 19.3. The van der Waals surface area contributed by atoms with Gasteiger partial charge in [-0.3, -0.25) is 4.90 Å². The largest absolute Gasteiger partial charge is 0.497 e. The molecule has 1 saturated carbocycles. The van der Waals surface area contributed by atoms with Crippen LogP contribution in [0.2, 0.25) is 0 Å². The molecule has 3 aromatic carbocycles. The summed E-state index contributed by atoms with van der Waals surface area (Å²) in [4.78, 5) is 2.66. The number of unbranched alkanes of at least 4 members (excludes halogenated alkanes) is 1. The number of halogens is 2. The van der Waals surface area contributed by atoms with Crippen LogP contribution in [0, 0.1) is 0 Å². The Kier molecular flexibility index (Phi) is 7.29. The molecule has 2 aliphatic rings. The first-order valence-electron chi connectivity index (χ1n) is 13.2. The standard InChI is InChI=1S/C31H36F2N2O/c1-3-4-10-27-17-24-18-28(36-2)15-16-29(24)30(35(27)21-22-8-6-5-7-9-22)23-11-13-25(14-12-23)34-26-19-31(32,33)20-26/h5-9,11-16,18,26-27,30,34H,3-4,10,17,19-21H2,1-2H3/t27-,30?/m0/s1. The zero-order valence-electron chi connectivity index (χ0n) is 21.2. The summed E-state index contributed by atoms with van der Waals surface area (Å²) >= 11 is 0. The van der Waals surface area contributed by atoms with Crippen molar-refractivity contribution >= 4 is 5.69 Å². The van der Waals surface area contributed by atoms with Gasteiger partial charge in [-0.15, -0.1) is 0 Å². The fraction of sp³-hybridized carbons (Fsp3) is 0.419. The van der Waals surface area contributed by atoms with Crippen LogP contribution in [-0.2, 0) is 13.0 Å². The van der Waals surface area contributed by atoms with Gasteiger partial charge in [-0.05, 0) is 59.4 Å². The van der Waals surface area contributed by atoms with Gasteiger partial charge in [0, 0.05) is 37.2 Å². The third kappa shape index (κ3) is 5.41. The second kappa shape index (κ2) is 10.6. The van der Waals surface area contributed by atoms with Gasteiger partial charge in [0.15, 0.2) is 0 Å². The average molecular weight is 491 g/mol. The topological polar surface area (TPSA) is 24.5 Å². The first-order chi connectivity index (χ1) is 17.5. The second-order valence-electron chi connectivity index (χ2n) is 10.4. The molecule has 0 spiro atoms. The maximum Gasteiger partial charge on any atom is 0.252 e. The number of hydrogen-bond donors (Lipinski definition) is 1. The monoisotopic (exact) mass is 490 g/mol. The van der Waals surface area contributed by atoms with E-state index in [-0.39, 0.29) is 24.9 Å². The van der Waals surface area contributed by atoms with Gasteiger partial charge in [0.1, 0.15) is 5.75 Å². The Morgan fingerprint density at radius 3 is 2.42 bits per heavy atom. The molecular formula is C31H36F2N2O. The van der Waals surface area contributed by atoms with E-state index in [2.05, 4.69) is 77.8 Å². The van der Waals surface area contributed by atoms with E-state index in [1.807, 2.05) is 12.1 Å². The van der Waals surface area contributed by atoms with Gasteiger partial charge in [0.05, 0.1) is 13.2 Å². The highest BCUT2D eigenvalue weighted by Gasteiger charge is 2.45. The summed E-state index contributed by atoms with van der Waals surface area (Å²) in [6, 6.07) is 26.0. The number of anilines is 1. The van der Waals surface area contributed by atoms with Gasteiger partial charge in [0.2, 0.25) is 0 Å². The molecule has 1 aliphatic carbocycles. The molecule has 1 N–H and O–H groups in total. The van der Waals surface area contributed by atoms with Crippen molar-refractivity contribution in [3.05, 3.63) is 95.1 Å². The second-order valence-corrected chi connectivity index (χ2v) is 10.4. The van der Waals surface area contributed by atoms with Crippen molar-refractivity contribution in [1.82, 2.24) is 4.90 Å². The minimum absolute atomic E-state index is 0.0868. The van der Waals surface area contributed by atoms with Gasteiger partial charge in [0.25, 0.3) is 5.92 Å². The summed E-state index contributed by atoms with van der Waals surface area (Å²) in [6.07, 6.45) is 4.34. The number of fused-ring (bicyclic) bond motifs is 1. The maximum atomic E-state index is 13.3. The average Bonchev–Trinajstić information content (AvgIpc) is 2.87. The van der Waals surface area contributed by atoms with E-state index in [4.69, 9.17) is 4.74 Å². The smallest absolute Gasteiger partial charge is 0.252 e. The molecule has 1 unspecified atom stereocenters. The molecule has 0 radical (unpaired) electrons. The third-order valence-corrected chi connectivity index (χ3v) is 7.69. The summed E-state index contributed by atoms with van der Waals surface area (Å²) in [5.41, 5.74) is 6.11. The van der Waals surface area contributed by atoms with Crippen LogP contribution in [0.4, 0.5) is 14.5 Å². The van der Waals surface area contributed by atoms with Crippen LogP contribution < -0.4 is 10.1 Å². The number of nitrogens with zero attached hydrogens (tertiary/aromatic N) is 1.